The van der Waals surface area contributed by atoms with E-state index < -0.39 is 0 Å². The minimum atomic E-state index is -0.00467. The van der Waals surface area contributed by atoms with Crippen LogP contribution in [0.15, 0.2) is 54.6 Å². The van der Waals surface area contributed by atoms with Gasteiger partial charge >= 0.3 is 0 Å². The molecule has 1 aromatic heterocycles. The highest BCUT2D eigenvalue weighted by atomic mass is 35.5. The van der Waals surface area contributed by atoms with Crippen LogP contribution < -0.4 is 11.1 Å². The summed E-state index contributed by atoms with van der Waals surface area (Å²) in [7, 11) is 0. The van der Waals surface area contributed by atoms with Gasteiger partial charge in [-0.15, -0.1) is 5.10 Å². The molecule has 5 nitrogen and oxygen atoms in total. The molecule has 2 aromatic carbocycles. The number of aromatic nitrogens is 3. The average molecular weight is 326 g/mol. The molecule has 0 saturated heterocycles. The second kappa shape index (κ2) is 5.59. The number of nitrogens with zero attached hydrogens (tertiary/aromatic N) is 3. The number of hydrogen-bond donors (Lipinski definition) is 2. The summed E-state index contributed by atoms with van der Waals surface area (Å²) in [5, 5.41) is 8.49. The number of fused-ring (bicyclic) bond motifs is 1. The summed E-state index contributed by atoms with van der Waals surface area (Å²) in [5.74, 6) is 0.936. The Labute approximate surface area is 139 Å². The predicted molar refractivity (Wildman–Crippen MR) is 91.4 cm³/mol. The van der Waals surface area contributed by atoms with Gasteiger partial charge < -0.3 is 11.1 Å². The van der Waals surface area contributed by atoms with Gasteiger partial charge in [0.05, 0.1) is 12.1 Å². The van der Waals surface area contributed by atoms with Crippen LogP contribution in [0.3, 0.4) is 0 Å². The van der Waals surface area contributed by atoms with Gasteiger partial charge in [-0.3, -0.25) is 0 Å². The molecular formula is C17H16ClN5. The van der Waals surface area contributed by atoms with E-state index in [1.165, 1.54) is 5.56 Å². The standard InChI is InChI=1S/C17H16ClN5/c18-13-9-5-4-8-12(13)15-10-14(11-6-2-1-3-7-11)20-17-21-16(19)22-23(15)17/h1-9,14-15H,10H2,(H3,19,20,21,22)/t14-,15+/m1/s1. The summed E-state index contributed by atoms with van der Waals surface area (Å²) in [6.07, 6.45) is 0.823. The monoisotopic (exact) mass is 325 g/mol. The van der Waals surface area contributed by atoms with Crippen molar-refractivity contribution in [1.82, 2.24) is 14.8 Å². The van der Waals surface area contributed by atoms with Crippen LogP contribution >= 0.6 is 11.6 Å². The van der Waals surface area contributed by atoms with Crippen LogP contribution in [0.25, 0.3) is 0 Å². The van der Waals surface area contributed by atoms with E-state index in [1.807, 2.05) is 47.1 Å². The number of anilines is 2. The molecule has 0 aliphatic carbocycles. The van der Waals surface area contributed by atoms with Crippen molar-refractivity contribution >= 4 is 23.5 Å². The van der Waals surface area contributed by atoms with Gasteiger partial charge in [0.25, 0.3) is 0 Å². The molecule has 0 radical (unpaired) electrons. The van der Waals surface area contributed by atoms with Crippen LogP contribution in [-0.2, 0) is 0 Å². The van der Waals surface area contributed by atoms with Crippen LogP contribution in [0, 0.1) is 0 Å². The highest BCUT2D eigenvalue weighted by Crippen LogP contribution is 2.39. The van der Waals surface area contributed by atoms with Gasteiger partial charge in [0, 0.05) is 5.02 Å². The molecule has 0 saturated carbocycles. The molecule has 3 N–H and O–H groups in total. The van der Waals surface area contributed by atoms with Crippen molar-refractivity contribution in [2.45, 2.75) is 18.5 Å². The van der Waals surface area contributed by atoms with E-state index in [0.29, 0.717) is 5.95 Å². The highest BCUT2D eigenvalue weighted by molar-refractivity contribution is 6.31. The lowest BCUT2D eigenvalue weighted by Gasteiger charge is -2.32. The van der Waals surface area contributed by atoms with Gasteiger partial charge in [-0.2, -0.15) is 4.98 Å². The lowest BCUT2D eigenvalue weighted by atomic mass is 9.93. The molecule has 1 aliphatic rings. The molecule has 0 bridgehead atoms. The predicted octanol–water partition coefficient (Wildman–Crippen LogP) is 3.66. The Bertz CT molecular complexity index is 830. The van der Waals surface area contributed by atoms with Crippen molar-refractivity contribution < 1.29 is 0 Å². The molecular weight excluding hydrogens is 310 g/mol. The molecule has 116 valence electrons. The fraction of sp³-hybridized carbons (Fsp3) is 0.176. The molecule has 0 unspecified atom stereocenters. The summed E-state index contributed by atoms with van der Waals surface area (Å²) in [6.45, 7) is 0. The number of nitrogen functional groups attached to an aromatic ring is 1. The SMILES string of the molecule is Nc1nc2n(n1)[C@H](c1ccccc1Cl)C[C@H](c1ccccc1)N2. The Kier molecular flexibility index (Phi) is 3.42. The molecule has 4 rings (SSSR count). The fourth-order valence-corrected chi connectivity index (χ4v) is 3.36. The first-order chi connectivity index (χ1) is 11.2. The second-order valence-electron chi connectivity index (χ2n) is 5.62. The lowest BCUT2D eigenvalue weighted by molar-refractivity contribution is 0.431. The molecule has 3 aromatic rings. The quantitative estimate of drug-likeness (QED) is 0.754. The van der Waals surface area contributed by atoms with Gasteiger partial charge in [-0.1, -0.05) is 60.1 Å². The Morgan fingerprint density at radius 3 is 2.61 bits per heavy atom. The van der Waals surface area contributed by atoms with Gasteiger partial charge in [-0.05, 0) is 23.6 Å². The third-order valence-corrected chi connectivity index (χ3v) is 4.52. The molecule has 2 heterocycles. The Hall–Kier alpha value is -2.53. The van der Waals surface area contributed by atoms with E-state index in [9.17, 15) is 0 Å². The highest BCUT2D eigenvalue weighted by Gasteiger charge is 2.31. The fourth-order valence-electron chi connectivity index (χ4n) is 3.10. The number of benzene rings is 2. The Balaban J connectivity index is 1.80. The molecule has 2 atom stereocenters. The van der Waals surface area contributed by atoms with Gasteiger partial charge in [0.15, 0.2) is 0 Å². The number of rotatable bonds is 2. The molecule has 23 heavy (non-hydrogen) atoms. The number of halogens is 1. The van der Waals surface area contributed by atoms with Crippen LogP contribution in [0.4, 0.5) is 11.9 Å². The van der Waals surface area contributed by atoms with Crippen molar-refractivity contribution in [2.24, 2.45) is 0 Å². The lowest BCUT2D eigenvalue weighted by Crippen LogP contribution is -2.28. The molecule has 0 amide bonds. The zero-order valence-electron chi connectivity index (χ0n) is 12.4. The maximum atomic E-state index is 6.41. The van der Waals surface area contributed by atoms with Gasteiger partial charge in [0.1, 0.15) is 0 Å². The zero-order valence-corrected chi connectivity index (χ0v) is 13.1. The summed E-state index contributed by atoms with van der Waals surface area (Å²) >= 11 is 6.41. The first-order valence-corrected chi connectivity index (χ1v) is 7.88. The maximum absolute atomic E-state index is 6.41. The van der Waals surface area contributed by atoms with E-state index in [4.69, 9.17) is 17.3 Å². The summed E-state index contributed by atoms with van der Waals surface area (Å²) in [5.41, 5.74) is 8.04. The summed E-state index contributed by atoms with van der Waals surface area (Å²) in [4.78, 5) is 4.31. The van der Waals surface area contributed by atoms with Crippen molar-refractivity contribution in [2.75, 3.05) is 11.1 Å². The second-order valence-corrected chi connectivity index (χ2v) is 6.03. The van der Waals surface area contributed by atoms with Crippen molar-refractivity contribution in [3.05, 3.63) is 70.7 Å². The van der Waals surface area contributed by atoms with E-state index in [2.05, 4.69) is 27.5 Å². The minimum Gasteiger partial charge on any atom is -0.366 e. The van der Waals surface area contributed by atoms with Crippen LogP contribution in [0.5, 0.6) is 0 Å². The third kappa shape index (κ3) is 2.53. The average Bonchev–Trinajstić information content (AvgIpc) is 2.95. The number of hydrogen-bond acceptors (Lipinski definition) is 4. The van der Waals surface area contributed by atoms with Crippen molar-refractivity contribution in [1.29, 1.82) is 0 Å². The number of nitrogens with two attached hydrogens (primary N) is 1. The molecule has 0 spiro atoms. The Morgan fingerprint density at radius 1 is 1.09 bits per heavy atom. The van der Waals surface area contributed by atoms with E-state index in [0.717, 1.165) is 17.0 Å². The van der Waals surface area contributed by atoms with Crippen molar-refractivity contribution in [3.8, 4) is 0 Å². The molecule has 6 heteroatoms. The van der Waals surface area contributed by atoms with E-state index in [1.54, 1.807) is 0 Å². The number of nitrogens with one attached hydrogen (secondary N) is 1. The van der Waals surface area contributed by atoms with Crippen LogP contribution in [0.2, 0.25) is 5.02 Å². The van der Waals surface area contributed by atoms with Crippen LogP contribution in [0.1, 0.15) is 29.6 Å². The largest absolute Gasteiger partial charge is 0.366 e. The van der Waals surface area contributed by atoms with Gasteiger partial charge in [0.2, 0.25) is 11.9 Å². The smallest absolute Gasteiger partial charge is 0.241 e. The summed E-state index contributed by atoms with van der Waals surface area (Å²) in [6, 6.07) is 18.3. The normalized spacial score (nSPS) is 19.9. The first kappa shape index (κ1) is 14.1. The summed E-state index contributed by atoms with van der Waals surface area (Å²) < 4.78 is 1.83. The molecule has 0 fully saturated rings. The van der Waals surface area contributed by atoms with E-state index >= 15 is 0 Å². The van der Waals surface area contributed by atoms with Crippen LogP contribution in [-0.4, -0.2) is 14.8 Å². The van der Waals surface area contributed by atoms with Crippen molar-refractivity contribution in [3.63, 3.8) is 0 Å². The minimum absolute atomic E-state index is 0.00467. The Morgan fingerprint density at radius 2 is 1.83 bits per heavy atom. The third-order valence-electron chi connectivity index (χ3n) is 4.17. The topological polar surface area (TPSA) is 68.8 Å². The first-order valence-electron chi connectivity index (χ1n) is 7.50. The van der Waals surface area contributed by atoms with Gasteiger partial charge in [-0.25, -0.2) is 4.68 Å². The molecule has 1 aliphatic heterocycles. The zero-order chi connectivity index (χ0) is 15.8. The van der Waals surface area contributed by atoms with E-state index in [-0.39, 0.29) is 18.0 Å². The maximum Gasteiger partial charge on any atom is 0.241 e.